The van der Waals surface area contributed by atoms with Crippen molar-refractivity contribution in [3.63, 3.8) is 0 Å². The Hall–Kier alpha value is -3.64. The number of allylic oxidation sites excluding steroid dienone is 1. The Morgan fingerprint density at radius 1 is 0.969 bits per heavy atom. The van der Waals surface area contributed by atoms with Gasteiger partial charge in [-0.15, -0.1) is 6.58 Å². The molecular weight excluding hydrogens is 425 g/mol. The van der Waals surface area contributed by atoms with E-state index in [0.717, 1.165) is 22.9 Å². The molecule has 0 saturated carbocycles. The summed E-state index contributed by atoms with van der Waals surface area (Å²) in [5, 5.41) is -0.330. The number of carbonyl (C=O) groups excluding carboxylic acids is 2. The number of thioether (sulfide) groups is 1. The van der Waals surface area contributed by atoms with Crippen molar-refractivity contribution in [3.8, 4) is 5.75 Å². The number of carbonyl (C=O) groups is 2. The van der Waals surface area contributed by atoms with Crippen molar-refractivity contribution in [2.45, 2.75) is 13.0 Å². The first-order valence-electron chi connectivity index (χ1n) is 10.00. The first-order valence-corrected chi connectivity index (χ1v) is 10.8. The second-order valence-corrected chi connectivity index (χ2v) is 8.09. The van der Waals surface area contributed by atoms with Crippen LogP contribution in [0.4, 0.5) is 14.9 Å². The van der Waals surface area contributed by atoms with E-state index in [0.29, 0.717) is 28.3 Å². The van der Waals surface area contributed by atoms with Crippen LogP contribution in [0.15, 0.2) is 90.4 Å². The Morgan fingerprint density at radius 2 is 1.72 bits per heavy atom. The second-order valence-electron chi connectivity index (χ2n) is 7.09. The van der Waals surface area contributed by atoms with Gasteiger partial charge in [-0.1, -0.05) is 48.5 Å². The third-order valence-electron chi connectivity index (χ3n) is 4.90. The molecule has 0 bridgehead atoms. The number of imide groups is 1. The lowest BCUT2D eigenvalue weighted by Crippen LogP contribution is -2.27. The third kappa shape index (κ3) is 4.65. The van der Waals surface area contributed by atoms with Crippen molar-refractivity contribution < 1.29 is 18.7 Å². The molecule has 32 heavy (non-hydrogen) atoms. The van der Waals surface area contributed by atoms with E-state index in [4.69, 9.17) is 4.74 Å². The number of amides is 2. The van der Waals surface area contributed by atoms with Crippen molar-refractivity contribution in [1.29, 1.82) is 0 Å². The molecule has 6 heteroatoms. The quantitative estimate of drug-likeness (QED) is 0.313. The molecule has 1 aliphatic heterocycles. The Labute approximate surface area is 190 Å². The van der Waals surface area contributed by atoms with E-state index >= 15 is 0 Å². The summed E-state index contributed by atoms with van der Waals surface area (Å²) in [4.78, 5) is 26.8. The number of hydrogen-bond donors (Lipinski definition) is 0. The van der Waals surface area contributed by atoms with Crippen LogP contribution in [0.3, 0.4) is 0 Å². The van der Waals surface area contributed by atoms with Crippen LogP contribution < -0.4 is 9.64 Å². The predicted octanol–water partition coefficient (Wildman–Crippen LogP) is 6.37. The smallest absolute Gasteiger partial charge is 0.298 e. The van der Waals surface area contributed by atoms with Gasteiger partial charge in [0, 0.05) is 5.56 Å². The van der Waals surface area contributed by atoms with Gasteiger partial charge in [-0.05, 0) is 65.7 Å². The Balaban J connectivity index is 1.56. The fourth-order valence-electron chi connectivity index (χ4n) is 3.33. The molecule has 1 aliphatic rings. The van der Waals surface area contributed by atoms with E-state index < -0.39 is 0 Å². The van der Waals surface area contributed by atoms with Gasteiger partial charge in [-0.25, -0.2) is 9.29 Å². The van der Waals surface area contributed by atoms with E-state index in [9.17, 15) is 14.0 Å². The number of rotatable bonds is 7. The zero-order valence-electron chi connectivity index (χ0n) is 17.2. The molecule has 0 aromatic heterocycles. The van der Waals surface area contributed by atoms with Crippen LogP contribution in [0.1, 0.15) is 16.7 Å². The zero-order valence-corrected chi connectivity index (χ0v) is 18.0. The van der Waals surface area contributed by atoms with E-state index in [1.165, 1.54) is 11.0 Å². The van der Waals surface area contributed by atoms with E-state index in [1.807, 2.05) is 12.1 Å². The van der Waals surface area contributed by atoms with Crippen LogP contribution in [-0.4, -0.2) is 11.1 Å². The first-order chi connectivity index (χ1) is 15.6. The van der Waals surface area contributed by atoms with Crippen LogP contribution in [-0.2, 0) is 17.8 Å². The lowest BCUT2D eigenvalue weighted by molar-refractivity contribution is -0.113. The van der Waals surface area contributed by atoms with Gasteiger partial charge in [-0.3, -0.25) is 9.59 Å². The first kappa shape index (κ1) is 21.6. The molecule has 0 N–H and O–H groups in total. The van der Waals surface area contributed by atoms with Crippen LogP contribution in [0.5, 0.6) is 5.75 Å². The fraction of sp³-hybridized carbons (Fsp3) is 0.0769. The summed E-state index contributed by atoms with van der Waals surface area (Å²) >= 11 is 0.909. The largest absolute Gasteiger partial charge is 0.489 e. The summed E-state index contributed by atoms with van der Waals surface area (Å²) in [6, 6.07) is 20.8. The minimum absolute atomic E-state index is 0.103. The molecule has 160 valence electrons. The number of hydrogen-bond acceptors (Lipinski definition) is 4. The SMILES string of the molecule is C=CCc1cc(/C=C2\SC(=O)N(c3ccccc3)C2=O)ccc1OCc1ccccc1F. The molecule has 3 aromatic rings. The van der Waals surface area contributed by atoms with Crippen molar-refractivity contribution >= 4 is 34.7 Å². The minimum Gasteiger partial charge on any atom is -0.489 e. The molecule has 1 heterocycles. The highest BCUT2D eigenvalue weighted by Crippen LogP contribution is 2.36. The molecule has 0 aliphatic carbocycles. The van der Waals surface area contributed by atoms with Crippen molar-refractivity contribution in [3.05, 3.63) is 113 Å². The van der Waals surface area contributed by atoms with Gasteiger partial charge in [-0.2, -0.15) is 0 Å². The molecule has 4 rings (SSSR count). The molecule has 2 amide bonds. The Kier molecular flexibility index (Phi) is 6.52. The lowest BCUT2D eigenvalue weighted by Gasteiger charge is -2.12. The van der Waals surface area contributed by atoms with Gasteiger partial charge in [0.25, 0.3) is 11.1 Å². The van der Waals surface area contributed by atoms with Crippen LogP contribution in [0.25, 0.3) is 6.08 Å². The lowest BCUT2D eigenvalue weighted by atomic mass is 10.1. The zero-order chi connectivity index (χ0) is 22.5. The van der Waals surface area contributed by atoms with Gasteiger partial charge < -0.3 is 4.74 Å². The van der Waals surface area contributed by atoms with Crippen LogP contribution in [0.2, 0.25) is 0 Å². The molecule has 3 aromatic carbocycles. The third-order valence-corrected chi connectivity index (χ3v) is 5.77. The molecule has 1 fully saturated rings. The molecule has 0 radical (unpaired) electrons. The topological polar surface area (TPSA) is 46.6 Å². The van der Waals surface area contributed by atoms with Crippen LogP contribution in [0, 0.1) is 5.82 Å². The monoisotopic (exact) mass is 445 g/mol. The normalized spacial score (nSPS) is 14.8. The molecular formula is C26H20FNO3S. The predicted molar refractivity (Wildman–Crippen MR) is 126 cm³/mol. The molecule has 0 spiro atoms. The Morgan fingerprint density at radius 3 is 2.47 bits per heavy atom. The summed E-state index contributed by atoms with van der Waals surface area (Å²) in [6.07, 6.45) is 3.99. The minimum atomic E-state index is -0.351. The summed E-state index contributed by atoms with van der Waals surface area (Å²) in [7, 11) is 0. The average molecular weight is 446 g/mol. The highest BCUT2D eigenvalue weighted by molar-refractivity contribution is 8.19. The Bertz CT molecular complexity index is 1210. The van der Waals surface area contributed by atoms with E-state index in [-0.39, 0.29) is 23.6 Å². The average Bonchev–Trinajstić information content (AvgIpc) is 3.07. The highest BCUT2D eigenvalue weighted by atomic mass is 32.2. The van der Waals surface area contributed by atoms with E-state index in [2.05, 4.69) is 6.58 Å². The summed E-state index contributed by atoms with van der Waals surface area (Å²) in [6.45, 7) is 3.89. The number of anilines is 1. The molecule has 0 atom stereocenters. The maximum Gasteiger partial charge on any atom is 0.298 e. The van der Waals surface area contributed by atoms with Gasteiger partial charge in [0.2, 0.25) is 0 Å². The van der Waals surface area contributed by atoms with Crippen LogP contribution >= 0.6 is 11.8 Å². The number of ether oxygens (including phenoxy) is 1. The van der Waals surface area contributed by atoms with Gasteiger partial charge in [0.05, 0.1) is 10.6 Å². The summed E-state index contributed by atoms with van der Waals surface area (Å²) in [5.41, 5.74) is 2.63. The highest BCUT2D eigenvalue weighted by Gasteiger charge is 2.36. The molecule has 4 nitrogen and oxygen atoms in total. The number of benzene rings is 3. The van der Waals surface area contributed by atoms with Crippen molar-refractivity contribution in [2.75, 3.05) is 4.90 Å². The summed E-state index contributed by atoms with van der Waals surface area (Å²) in [5.74, 6) is -0.0532. The number of para-hydroxylation sites is 1. The van der Waals surface area contributed by atoms with E-state index in [1.54, 1.807) is 66.7 Å². The van der Waals surface area contributed by atoms with Crippen molar-refractivity contribution in [1.82, 2.24) is 0 Å². The number of halogens is 1. The molecule has 0 unspecified atom stereocenters. The van der Waals surface area contributed by atoms with Gasteiger partial charge in [0.1, 0.15) is 18.2 Å². The van der Waals surface area contributed by atoms with Crippen molar-refractivity contribution in [2.24, 2.45) is 0 Å². The standard InChI is InChI=1S/C26H20FNO3S/c1-2-8-19-15-18(13-14-23(19)31-17-20-9-6-7-12-22(20)27)16-24-25(29)28(26(30)32-24)21-10-4-3-5-11-21/h2-7,9-16H,1,8,17H2/b24-16-. The van der Waals surface area contributed by atoms with Gasteiger partial charge in [0.15, 0.2) is 0 Å². The summed E-state index contributed by atoms with van der Waals surface area (Å²) < 4.78 is 19.7. The van der Waals surface area contributed by atoms with Gasteiger partial charge >= 0.3 is 0 Å². The number of nitrogens with zero attached hydrogens (tertiary/aromatic N) is 1. The second kappa shape index (κ2) is 9.66. The fourth-order valence-corrected chi connectivity index (χ4v) is 4.18. The maximum absolute atomic E-state index is 13.9. The molecule has 1 saturated heterocycles. The maximum atomic E-state index is 13.9.